The largest absolute Gasteiger partial charge is 0.480 e. The number of rotatable bonds is 8. The average Bonchev–Trinajstić information content (AvgIpc) is 2.93. The molecule has 8 nitrogen and oxygen atoms in total. The van der Waals surface area contributed by atoms with Crippen LogP contribution in [0.4, 0.5) is 18.9 Å². The van der Waals surface area contributed by atoms with E-state index in [2.05, 4.69) is 5.32 Å². The Morgan fingerprint density at radius 3 is 2.23 bits per heavy atom. The summed E-state index contributed by atoms with van der Waals surface area (Å²) in [6.45, 7) is 0. The quantitative estimate of drug-likeness (QED) is 0.268. The van der Waals surface area contributed by atoms with E-state index in [0.717, 1.165) is 12.2 Å². The molecule has 2 unspecified atom stereocenters. The van der Waals surface area contributed by atoms with Gasteiger partial charge in [-0.05, 0) is 33.9 Å². The van der Waals surface area contributed by atoms with Crippen LogP contribution < -0.4 is 5.32 Å². The molecule has 0 aliphatic heterocycles. The molecule has 0 spiro atoms. The van der Waals surface area contributed by atoms with Crippen LogP contribution in [0.25, 0.3) is 16.7 Å². The van der Waals surface area contributed by atoms with Crippen LogP contribution in [0.1, 0.15) is 11.1 Å². The van der Waals surface area contributed by atoms with Crippen LogP contribution in [0.5, 0.6) is 0 Å². The van der Waals surface area contributed by atoms with Crippen molar-refractivity contribution < 1.29 is 37.9 Å². The molecule has 0 bridgehead atoms. The van der Waals surface area contributed by atoms with Gasteiger partial charge in [-0.2, -0.15) is 13.2 Å². The Hall–Kier alpha value is -4.77. The molecule has 0 aromatic heterocycles. The highest BCUT2D eigenvalue weighted by atomic mass is 19.4. The zero-order valence-corrected chi connectivity index (χ0v) is 20.7. The first-order chi connectivity index (χ1) is 18.9. The lowest BCUT2D eigenvalue weighted by molar-refractivity contribution is -0.384. The molecule has 0 saturated heterocycles. The number of carboxylic acid groups (broad SMARTS) is 1. The first kappa shape index (κ1) is 28.2. The summed E-state index contributed by atoms with van der Waals surface area (Å²) < 4.78 is 41.7. The number of aliphatic hydroxyl groups is 1. The van der Waals surface area contributed by atoms with Gasteiger partial charge in [0.25, 0.3) is 5.69 Å². The lowest BCUT2D eigenvalue weighted by Gasteiger charge is -2.36. The van der Waals surface area contributed by atoms with Gasteiger partial charge < -0.3 is 15.5 Å². The summed E-state index contributed by atoms with van der Waals surface area (Å²) in [5.41, 5.74) is -1.25. The van der Waals surface area contributed by atoms with Gasteiger partial charge in [0, 0.05) is 18.6 Å². The summed E-state index contributed by atoms with van der Waals surface area (Å²) in [6, 6.07) is 18.9. The molecule has 3 aromatic carbocycles. The molecule has 4 rings (SSSR count). The standard InChI is InChI=1S/C29H23F3N2O6/c30-29(31,32)28(38)14-13-22(19-5-2-1-3-6-19)17-24(28)26(35)33-25(27(36)37)15-18-9-11-20(12-10-18)21-7-4-8-23(16-21)34(39)40/h1-14,16-17,24-25,38H,15H2,(H,33,35)(H,36,37)/t24?,25-,28?/m0/s1. The monoisotopic (exact) mass is 552 g/mol. The molecule has 11 heteroatoms. The number of non-ortho nitro benzene ring substituents is 1. The molecule has 3 atom stereocenters. The topological polar surface area (TPSA) is 130 Å². The van der Waals surface area contributed by atoms with Gasteiger partial charge >= 0.3 is 12.1 Å². The van der Waals surface area contributed by atoms with Crippen molar-refractivity contribution in [1.29, 1.82) is 0 Å². The second-order valence-corrected chi connectivity index (χ2v) is 9.23. The number of carboxylic acids is 1. The zero-order chi connectivity index (χ0) is 29.1. The highest BCUT2D eigenvalue weighted by molar-refractivity contribution is 5.91. The number of nitro benzene ring substituents is 1. The molecule has 1 aliphatic rings. The van der Waals surface area contributed by atoms with E-state index in [-0.39, 0.29) is 17.7 Å². The van der Waals surface area contributed by atoms with E-state index in [1.165, 1.54) is 18.2 Å². The van der Waals surface area contributed by atoms with Gasteiger partial charge in [0.2, 0.25) is 5.91 Å². The molecule has 3 N–H and O–H groups in total. The van der Waals surface area contributed by atoms with Crippen LogP contribution >= 0.6 is 0 Å². The van der Waals surface area contributed by atoms with Crippen LogP contribution in [-0.2, 0) is 16.0 Å². The molecular formula is C29H23F3N2O6. The van der Waals surface area contributed by atoms with Crippen LogP contribution in [0.2, 0.25) is 0 Å². The number of amides is 1. The number of nitrogens with one attached hydrogen (secondary N) is 1. The predicted molar refractivity (Wildman–Crippen MR) is 140 cm³/mol. The third-order valence-corrected chi connectivity index (χ3v) is 6.58. The molecule has 3 aromatic rings. The van der Waals surface area contributed by atoms with Crippen LogP contribution in [0.3, 0.4) is 0 Å². The van der Waals surface area contributed by atoms with Crippen molar-refractivity contribution in [2.24, 2.45) is 5.92 Å². The molecule has 1 amide bonds. The average molecular weight is 553 g/mol. The minimum atomic E-state index is -5.22. The Bertz CT molecular complexity index is 1490. The molecule has 0 fully saturated rings. The van der Waals surface area contributed by atoms with Crippen molar-refractivity contribution in [3.8, 4) is 11.1 Å². The van der Waals surface area contributed by atoms with E-state index in [4.69, 9.17) is 0 Å². The van der Waals surface area contributed by atoms with Gasteiger partial charge in [-0.25, -0.2) is 4.79 Å². The zero-order valence-electron chi connectivity index (χ0n) is 20.7. The smallest absolute Gasteiger partial charge is 0.421 e. The second kappa shape index (κ2) is 11.1. The number of allylic oxidation sites excluding steroid dienone is 2. The van der Waals surface area contributed by atoms with E-state index < -0.39 is 40.5 Å². The van der Waals surface area contributed by atoms with E-state index in [1.807, 2.05) is 0 Å². The third kappa shape index (κ3) is 5.94. The summed E-state index contributed by atoms with van der Waals surface area (Å²) in [5, 5.41) is 33.4. The molecule has 206 valence electrons. The Kier molecular flexibility index (Phi) is 7.87. The number of benzene rings is 3. The fourth-order valence-electron chi connectivity index (χ4n) is 4.38. The molecule has 40 heavy (non-hydrogen) atoms. The fraction of sp³-hybridized carbons (Fsp3) is 0.172. The molecule has 0 heterocycles. The Balaban J connectivity index is 1.56. The number of aliphatic carboxylic acids is 1. The van der Waals surface area contributed by atoms with Crippen molar-refractivity contribution >= 4 is 23.1 Å². The van der Waals surface area contributed by atoms with Gasteiger partial charge in [-0.15, -0.1) is 0 Å². The van der Waals surface area contributed by atoms with Gasteiger partial charge in [-0.3, -0.25) is 14.9 Å². The summed E-state index contributed by atoms with van der Waals surface area (Å²) in [6.07, 6.45) is -2.93. The normalized spacial score (nSPS) is 19.4. The summed E-state index contributed by atoms with van der Waals surface area (Å²) in [7, 11) is 0. The van der Waals surface area contributed by atoms with E-state index in [1.54, 1.807) is 60.7 Å². The first-order valence-corrected chi connectivity index (χ1v) is 12.0. The fourth-order valence-corrected chi connectivity index (χ4v) is 4.38. The summed E-state index contributed by atoms with van der Waals surface area (Å²) in [5.74, 6) is -4.94. The maximum Gasteiger partial charge on any atom is 0.421 e. The minimum absolute atomic E-state index is 0.101. The maximum atomic E-state index is 13.9. The van der Waals surface area contributed by atoms with Gasteiger partial charge in [0.05, 0.1) is 10.8 Å². The number of nitrogens with zero attached hydrogens (tertiary/aromatic N) is 1. The molecule has 0 saturated carbocycles. The SMILES string of the molecule is O=C(N[C@@H](Cc1ccc(-c2cccc([N+](=O)[O-])c2)cc1)C(=O)O)C1C=C(c2ccccc2)C=CC1(O)C(F)(F)F. The lowest BCUT2D eigenvalue weighted by atomic mass is 9.79. The van der Waals surface area contributed by atoms with Crippen LogP contribution in [0, 0.1) is 16.0 Å². The van der Waals surface area contributed by atoms with Crippen LogP contribution in [-0.4, -0.2) is 44.8 Å². The number of carbonyl (C=O) groups excluding carboxylic acids is 1. The van der Waals surface area contributed by atoms with Crippen molar-refractivity contribution in [2.45, 2.75) is 24.2 Å². The van der Waals surface area contributed by atoms with Crippen LogP contribution in [0.15, 0.2) is 97.1 Å². The number of carbonyl (C=O) groups is 2. The number of nitro groups is 1. The van der Waals surface area contributed by atoms with Crippen molar-refractivity contribution in [1.82, 2.24) is 5.32 Å². The predicted octanol–water partition coefficient (Wildman–Crippen LogP) is 4.94. The number of hydrogen-bond donors (Lipinski definition) is 3. The summed E-state index contributed by atoms with van der Waals surface area (Å²) in [4.78, 5) is 35.6. The van der Waals surface area contributed by atoms with E-state index in [9.17, 15) is 43.1 Å². The van der Waals surface area contributed by atoms with Crippen molar-refractivity contribution in [2.75, 3.05) is 0 Å². The van der Waals surface area contributed by atoms with Gasteiger partial charge in [0.15, 0.2) is 5.60 Å². The summed E-state index contributed by atoms with van der Waals surface area (Å²) >= 11 is 0. The van der Waals surface area contributed by atoms with E-state index >= 15 is 0 Å². The van der Waals surface area contributed by atoms with Gasteiger partial charge in [0.1, 0.15) is 6.04 Å². The van der Waals surface area contributed by atoms with Crippen molar-refractivity contribution in [3.05, 3.63) is 118 Å². The Morgan fingerprint density at radius 2 is 1.62 bits per heavy atom. The highest BCUT2D eigenvalue weighted by Crippen LogP contribution is 2.42. The lowest BCUT2D eigenvalue weighted by Crippen LogP contribution is -2.57. The van der Waals surface area contributed by atoms with Crippen molar-refractivity contribution in [3.63, 3.8) is 0 Å². The Morgan fingerprint density at radius 1 is 0.975 bits per heavy atom. The Labute approximate surface area is 226 Å². The molecule has 0 radical (unpaired) electrons. The highest BCUT2D eigenvalue weighted by Gasteiger charge is 2.59. The number of alkyl halides is 3. The number of halogens is 3. The first-order valence-electron chi connectivity index (χ1n) is 12.0. The second-order valence-electron chi connectivity index (χ2n) is 9.23. The minimum Gasteiger partial charge on any atom is -0.480 e. The van der Waals surface area contributed by atoms with Gasteiger partial charge in [-0.1, -0.05) is 78.9 Å². The molecular weight excluding hydrogens is 529 g/mol. The number of hydrogen-bond acceptors (Lipinski definition) is 5. The van der Waals surface area contributed by atoms with E-state index in [0.29, 0.717) is 28.3 Å². The maximum absolute atomic E-state index is 13.9. The third-order valence-electron chi connectivity index (χ3n) is 6.58. The molecule has 1 aliphatic carbocycles.